The number of aryl methyl sites for hydroxylation is 2. The summed E-state index contributed by atoms with van der Waals surface area (Å²) >= 11 is 0. The molecule has 6 nitrogen and oxygen atoms in total. The van der Waals surface area contributed by atoms with Crippen LogP contribution >= 0.6 is 0 Å². The number of carbonyl (C=O) groups is 1. The van der Waals surface area contributed by atoms with E-state index >= 15 is 0 Å². The lowest BCUT2D eigenvalue weighted by atomic mass is 10.1. The van der Waals surface area contributed by atoms with Gasteiger partial charge in [0, 0.05) is 24.5 Å². The number of rotatable bonds is 4. The number of furan rings is 1. The Morgan fingerprint density at radius 3 is 2.86 bits per heavy atom. The highest BCUT2D eigenvalue weighted by atomic mass is 16.5. The summed E-state index contributed by atoms with van der Waals surface area (Å²) in [5.41, 5.74) is 2.82. The lowest BCUT2D eigenvalue weighted by Crippen LogP contribution is -2.23. The summed E-state index contributed by atoms with van der Waals surface area (Å²) in [7, 11) is 0. The maximum absolute atomic E-state index is 12.2. The van der Waals surface area contributed by atoms with Crippen molar-refractivity contribution in [3.05, 3.63) is 59.4 Å². The average Bonchev–Trinajstić information content (AvgIpc) is 3.16. The molecule has 1 amide bonds. The molecule has 0 spiro atoms. The van der Waals surface area contributed by atoms with Crippen molar-refractivity contribution in [1.82, 2.24) is 15.5 Å². The van der Waals surface area contributed by atoms with Crippen LogP contribution in [0.3, 0.4) is 0 Å². The average molecular weight is 297 g/mol. The molecule has 112 valence electrons. The number of hydrogen-bond acceptors (Lipinski definition) is 5. The van der Waals surface area contributed by atoms with Crippen molar-refractivity contribution in [2.24, 2.45) is 0 Å². The summed E-state index contributed by atoms with van der Waals surface area (Å²) in [6, 6.07) is 5.62. The standard InChI is InChI=1S/C16H15N3O3/c1-10-15(11(2)22-19-10)16(20)18-8-12-6-13(9-17-7-12)14-4-3-5-21-14/h3-7,9H,8H2,1-2H3,(H,18,20). The number of nitrogens with zero attached hydrogens (tertiary/aromatic N) is 2. The van der Waals surface area contributed by atoms with E-state index in [0.29, 0.717) is 23.6 Å². The topological polar surface area (TPSA) is 81.2 Å². The third kappa shape index (κ3) is 2.76. The Morgan fingerprint density at radius 2 is 2.18 bits per heavy atom. The van der Waals surface area contributed by atoms with E-state index in [-0.39, 0.29) is 5.91 Å². The van der Waals surface area contributed by atoms with Crippen molar-refractivity contribution >= 4 is 5.91 Å². The van der Waals surface area contributed by atoms with Crippen LogP contribution in [0.5, 0.6) is 0 Å². The number of carbonyl (C=O) groups excluding carboxylic acids is 1. The number of pyridine rings is 1. The van der Waals surface area contributed by atoms with Gasteiger partial charge in [0.05, 0.1) is 12.0 Å². The van der Waals surface area contributed by atoms with Crippen LogP contribution in [0.15, 0.2) is 45.8 Å². The maximum atomic E-state index is 12.2. The third-order valence-electron chi connectivity index (χ3n) is 3.31. The van der Waals surface area contributed by atoms with E-state index in [4.69, 9.17) is 8.94 Å². The van der Waals surface area contributed by atoms with Gasteiger partial charge in [-0.15, -0.1) is 0 Å². The van der Waals surface area contributed by atoms with Crippen molar-refractivity contribution in [3.63, 3.8) is 0 Å². The van der Waals surface area contributed by atoms with Gasteiger partial charge in [-0.25, -0.2) is 0 Å². The normalized spacial score (nSPS) is 10.6. The Hall–Kier alpha value is -2.89. The first kappa shape index (κ1) is 14.1. The molecule has 0 fully saturated rings. The lowest BCUT2D eigenvalue weighted by molar-refractivity contribution is 0.0949. The summed E-state index contributed by atoms with van der Waals surface area (Å²) in [5, 5.41) is 6.63. The first-order valence-corrected chi connectivity index (χ1v) is 6.84. The molecule has 0 radical (unpaired) electrons. The highest BCUT2D eigenvalue weighted by Crippen LogP contribution is 2.19. The summed E-state index contributed by atoms with van der Waals surface area (Å²) in [6.45, 7) is 3.82. The molecule has 0 atom stereocenters. The molecule has 0 aliphatic carbocycles. The van der Waals surface area contributed by atoms with Crippen LogP contribution < -0.4 is 5.32 Å². The fraction of sp³-hybridized carbons (Fsp3) is 0.188. The maximum Gasteiger partial charge on any atom is 0.257 e. The van der Waals surface area contributed by atoms with Gasteiger partial charge in [-0.2, -0.15) is 0 Å². The summed E-state index contributed by atoms with van der Waals surface area (Å²) in [6.07, 6.45) is 5.04. The van der Waals surface area contributed by atoms with Crippen molar-refractivity contribution < 1.29 is 13.7 Å². The molecule has 3 aromatic rings. The van der Waals surface area contributed by atoms with Gasteiger partial charge in [-0.1, -0.05) is 5.16 Å². The number of aromatic nitrogens is 2. The third-order valence-corrected chi connectivity index (χ3v) is 3.31. The second-order valence-corrected chi connectivity index (χ2v) is 4.94. The zero-order valence-electron chi connectivity index (χ0n) is 12.3. The second-order valence-electron chi connectivity index (χ2n) is 4.94. The molecule has 0 bridgehead atoms. The minimum Gasteiger partial charge on any atom is -0.464 e. The molecule has 3 aromatic heterocycles. The number of amides is 1. The SMILES string of the molecule is Cc1noc(C)c1C(=O)NCc1cncc(-c2ccco2)c1. The van der Waals surface area contributed by atoms with Gasteiger partial charge in [0.25, 0.3) is 5.91 Å². The molecule has 0 aliphatic heterocycles. The molecule has 0 aromatic carbocycles. The first-order chi connectivity index (χ1) is 10.6. The monoisotopic (exact) mass is 297 g/mol. The van der Waals surface area contributed by atoms with E-state index in [9.17, 15) is 4.79 Å². The highest BCUT2D eigenvalue weighted by molar-refractivity contribution is 5.96. The molecule has 0 saturated heterocycles. The molecule has 3 rings (SSSR count). The largest absolute Gasteiger partial charge is 0.464 e. The van der Waals surface area contributed by atoms with Gasteiger partial charge in [0.1, 0.15) is 17.1 Å². The quantitative estimate of drug-likeness (QED) is 0.800. The highest BCUT2D eigenvalue weighted by Gasteiger charge is 2.17. The van der Waals surface area contributed by atoms with Gasteiger partial charge >= 0.3 is 0 Å². The summed E-state index contributed by atoms with van der Waals surface area (Å²) in [5.74, 6) is 1.04. The Morgan fingerprint density at radius 1 is 1.32 bits per heavy atom. The van der Waals surface area contributed by atoms with E-state index in [2.05, 4.69) is 15.5 Å². The minimum absolute atomic E-state index is 0.209. The van der Waals surface area contributed by atoms with E-state index in [1.807, 2.05) is 18.2 Å². The van der Waals surface area contributed by atoms with Crippen LogP contribution in [-0.2, 0) is 6.54 Å². The van der Waals surface area contributed by atoms with Crippen molar-refractivity contribution in [2.45, 2.75) is 20.4 Å². The van der Waals surface area contributed by atoms with Crippen LogP contribution in [0.25, 0.3) is 11.3 Å². The smallest absolute Gasteiger partial charge is 0.257 e. The molecule has 0 unspecified atom stereocenters. The second kappa shape index (κ2) is 5.85. The van der Waals surface area contributed by atoms with Crippen LogP contribution in [0.4, 0.5) is 0 Å². The zero-order valence-corrected chi connectivity index (χ0v) is 12.3. The van der Waals surface area contributed by atoms with Gasteiger partial charge in [-0.05, 0) is 37.6 Å². The minimum atomic E-state index is -0.209. The Kier molecular flexibility index (Phi) is 3.74. The summed E-state index contributed by atoms with van der Waals surface area (Å²) in [4.78, 5) is 16.4. The van der Waals surface area contributed by atoms with E-state index < -0.39 is 0 Å². The number of nitrogens with one attached hydrogen (secondary N) is 1. The Labute approximate surface area is 127 Å². The zero-order chi connectivity index (χ0) is 15.5. The van der Waals surface area contributed by atoms with Gasteiger partial charge in [0.2, 0.25) is 0 Å². The van der Waals surface area contributed by atoms with Crippen molar-refractivity contribution in [1.29, 1.82) is 0 Å². The molecular formula is C16H15N3O3. The summed E-state index contributed by atoms with van der Waals surface area (Å²) < 4.78 is 10.3. The molecular weight excluding hydrogens is 282 g/mol. The molecule has 22 heavy (non-hydrogen) atoms. The predicted molar refractivity (Wildman–Crippen MR) is 79.1 cm³/mol. The molecule has 0 saturated carbocycles. The van der Waals surface area contributed by atoms with Crippen molar-refractivity contribution in [3.8, 4) is 11.3 Å². The molecule has 0 aliphatic rings. The van der Waals surface area contributed by atoms with Gasteiger partial charge < -0.3 is 14.3 Å². The van der Waals surface area contributed by atoms with Crippen LogP contribution in [-0.4, -0.2) is 16.0 Å². The van der Waals surface area contributed by atoms with Crippen LogP contribution in [0, 0.1) is 13.8 Å². The van der Waals surface area contributed by atoms with Gasteiger partial charge in [-0.3, -0.25) is 9.78 Å². The first-order valence-electron chi connectivity index (χ1n) is 6.84. The number of hydrogen-bond donors (Lipinski definition) is 1. The van der Waals surface area contributed by atoms with Crippen LogP contribution in [0.1, 0.15) is 27.4 Å². The Bertz CT molecular complexity index is 771. The fourth-order valence-electron chi connectivity index (χ4n) is 2.24. The predicted octanol–water partition coefficient (Wildman–Crippen LogP) is 2.88. The Balaban J connectivity index is 1.72. The molecule has 6 heteroatoms. The van der Waals surface area contributed by atoms with E-state index in [1.165, 1.54) is 0 Å². The molecule has 1 N–H and O–H groups in total. The lowest BCUT2D eigenvalue weighted by Gasteiger charge is -2.06. The van der Waals surface area contributed by atoms with E-state index in [1.54, 1.807) is 32.5 Å². The molecule has 3 heterocycles. The van der Waals surface area contributed by atoms with Gasteiger partial charge in [0.15, 0.2) is 0 Å². The van der Waals surface area contributed by atoms with Crippen LogP contribution in [0.2, 0.25) is 0 Å². The fourth-order valence-corrected chi connectivity index (χ4v) is 2.24. The van der Waals surface area contributed by atoms with E-state index in [0.717, 1.165) is 16.9 Å². The van der Waals surface area contributed by atoms with Crippen molar-refractivity contribution in [2.75, 3.05) is 0 Å².